The van der Waals surface area contributed by atoms with Crippen LogP contribution in [0, 0.1) is 6.92 Å². The van der Waals surface area contributed by atoms with Crippen molar-refractivity contribution >= 4 is 45.8 Å². The fourth-order valence-corrected chi connectivity index (χ4v) is 3.88. The molecule has 138 valence electrons. The number of halogens is 1. The van der Waals surface area contributed by atoms with Crippen LogP contribution in [0.2, 0.25) is 5.02 Å². The second-order valence-corrected chi connectivity index (χ2v) is 7.43. The van der Waals surface area contributed by atoms with Crippen LogP contribution in [0.1, 0.15) is 17.9 Å². The molecule has 3 aromatic heterocycles. The number of amides is 1. The molecule has 4 rings (SSSR count). The number of primary amides is 1. The van der Waals surface area contributed by atoms with Gasteiger partial charge in [-0.15, -0.1) is 10.2 Å². The summed E-state index contributed by atoms with van der Waals surface area (Å²) < 4.78 is 3.60. The average molecular weight is 402 g/mol. The number of carbonyl (C=O) groups excluding carboxylic acids is 1. The van der Waals surface area contributed by atoms with Crippen LogP contribution < -0.4 is 5.73 Å². The number of para-hydroxylation sites is 1. The van der Waals surface area contributed by atoms with Crippen LogP contribution in [0.25, 0.3) is 16.6 Å². The molecule has 4 aromatic rings. The van der Waals surface area contributed by atoms with Crippen LogP contribution in [-0.4, -0.2) is 35.3 Å². The lowest BCUT2D eigenvalue weighted by Crippen LogP contribution is -2.12. The van der Waals surface area contributed by atoms with Gasteiger partial charge in [0.05, 0.1) is 11.2 Å². The molecule has 8 nitrogen and oxygen atoms in total. The van der Waals surface area contributed by atoms with Crippen molar-refractivity contribution in [3.63, 3.8) is 0 Å². The Kier molecular flexibility index (Phi) is 4.48. The number of rotatable bonds is 5. The van der Waals surface area contributed by atoms with E-state index in [4.69, 9.17) is 22.3 Å². The summed E-state index contributed by atoms with van der Waals surface area (Å²) in [6.45, 7) is 1.85. The van der Waals surface area contributed by atoms with Crippen molar-refractivity contribution in [1.82, 2.24) is 29.4 Å². The molecule has 10 heteroatoms. The van der Waals surface area contributed by atoms with E-state index < -0.39 is 0 Å². The Hall–Kier alpha value is -2.65. The van der Waals surface area contributed by atoms with Crippen molar-refractivity contribution in [2.45, 2.75) is 29.9 Å². The molecule has 0 bridgehead atoms. The van der Waals surface area contributed by atoms with Gasteiger partial charge in [-0.25, -0.2) is 9.50 Å². The number of hydrogen-bond acceptors (Lipinski definition) is 6. The quantitative estimate of drug-likeness (QED) is 0.515. The molecule has 0 saturated heterocycles. The number of benzene rings is 1. The number of aromatic nitrogens is 6. The highest BCUT2D eigenvalue weighted by Crippen LogP contribution is 2.33. The Bertz CT molecular complexity index is 1180. The summed E-state index contributed by atoms with van der Waals surface area (Å²) in [4.78, 5) is 15.7. The van der Waals surface area contributed by atoms with Crippen molar-refractivity contribution in [2.75, 3.05) is 0 Å². The lowest BCUT2D eigenvalue weighted by Gasteiger charge is -2.08. The van der Waals surface area contributed by atoms with Crippen LogP contribution in [0.15, 0.2) is 34.4 Å². The van der Waals surface area contributed by atoms with Crippen molar-refractivity contribution < 1.29 is 4.79 Å². The second kappa shape index (κ2) is 6.82. The molecule has 0 aliphatic carbocycles. The van der Waals surface area contributed by atoms with Crippen molar-refractivity contribution in [3.8, 4) is 0 Å². The minimum absolute atomic E-state index is 0.231. The number of fused-ring (bicyclic) bond motifs is 3. The number of hydrogen-bond donors (Lipinski definition) is 1. The van der Waals surface area contributed by atoms with E-state index in [-0.39, 0.29) is 12.3 Å². The first-order valence-corrected chi connectivity index (χ1v) is 9.43. The Morgan fingerprint density at radius 3 is 2.85 bits per heavy atom. The van der Waals surface area contributed by atoms with Crippen molar-refractivity contribution in [3.05, 3.63) is 40.8 Å². The molecule has 1 amide bonds. The Balaban J connectivity index is 1.80. The molecule has 0 radical (unpaired) electrons. The van der Waals surface area contributed by atoms with Crippen LogP contribution in [0.4, 0.5) is 0 Å². The minimum Gasteiger partial charge on any atom is -0.370 e. The van der Waals surface area contributed by atoms with Gasteiger partial charge >= 0.3 is 0 Å². The van der Waals surface area contributed by atoms with E-state index in [0.29, 0.717) is 28.1 Å². The fourth-order valence-electron chi connectivity index (χ4n) is 2.81. The zero-order valence-corrected chi connectivity index (χ0v) is 16.3. The largest absolute Gasteiger partial charge is 0.370 e. The maximum atomic E-state index is 11.0. The third kappa shape index (κ3) is 3.13. The fraction of sp³-hybridized carbons (Fsp3) is 0.235. The third-order valence-corrected chi connectivity index (χ3v) is 5.73. The van der Waals surface area contributed by atoms with Gasteiger partial charge in [-0.2, -0.15) is 5.10 Å². The third-order valence-electron chi connectivity index (χ3n) is 4.24. The van der Waals surface area contributed by atoms with Gasteiger partial charge in [0.2, 0.25) is 5.91 Å². The first-order chi connectivity index (χ1) is 13.0. The van der Waals surface area contributed by atoms with E-state index in [9.17, 15) is 4.79 Å². The standard InChI is InChI=1S/C17H16ClN7OS/c1-9-14(18)15-20-16(10-5-3-4-6-11(10)25(15)23-9)27-17-22-21-13(24(17)2)8-7-12(19)26/h3-6H,7-8H2,1-2H3,(H2,19,26). The summed E-state index contributed by atoms with van der Waals surface area (Å²) in [7, 11) is 1.86. The summed E-state index contributed by atoms with van der Waals surface area (Å²) in [5.74, 6) is 0.330. The predicted octanol–water partition coefficient (Wildman–Crippen LogP) is 2.54. The molecule has 3 heterocycles. The zero-order chi connectivity index (χ0) is 19.1. The normalized spacial score (nSPS) is 11.5. The van der Waals surface area contributed by atoms with Gasteiger partial charge in [0.1, 0.15) is 15.9 Å². The molecule has 0 atom stereocenters. The van der Waals surface area contributed by atoms with Gasteiger partial charge in [-0.1, -0.05) is 29.8 Å². The lowest BCUT2D eigenvalue weighted by atomic mass is 10.2. The molecule has 0 aliphatic heterocycles. The highest BCUT2D eigenvalue weighted by atomic mass is 35.5. The predicted molar refractivity (Wildman–Crippen MR) is 103 cm³/mol. The Morgan fingerprint density at radius 2 is 2.07 bits per heavy atom. The van der Waals surface area contributed by atoms with Gasteiger partial charge in [0.15, 0.2) is 10.8 Å². The molecular formula is C17H16ClN7OS. The Morgan fingerprint density at radius 1 is 1.30 bits per heavy atom. The number of aryl methyl sites for hydroxylation is 2. The van der Waals surface area contributed by atoms with Gasteiger partial charge in [0.25, 0.3) is 0 Å². The topological polar surface area (TPSA) is 104 Å². The van der Waals surface area contributed by atoms with Crippen molar-refractivity contribution in [1.29, 1.82) is 0 Å². The van der Waals surface area contributed by atoms with Crippen molar-refractivity contribution in [2.24, 2.45) is 12.8 Å². The zero-order valence-electron chi connectivity index (χ0n) is 14.7. The molecule has 27 heavy (non-hydrogen) atoms. The minimum atomic E-state index is -0.365. The summed E-state index contributed by atoms with van der Waals surface area (Å²) in [6, 6.07) is 7.86. The molecule has 2 N–H and O–H groups in total. The number of carbonyl (C=O) groups is 1. The molecule has 0 spiro atoms. The second-order valence-electron chi connectivity index (χ2n) is 6.10. The maximum Gasteiger partial charge on any atom is 0.217 e. The van der Waals surface area contributed by atoms with E-state index in [1.54, 1.807) is 4.52 Å². The highest BCUT2D eigenvalue weighted by molar-refractivity contribution is 7.99. The average Bonchev–Trinajstić information content (AvgIpc) is 3.14. The highest BCUT2D eigenvalue weighted by Gasteiger charge is 2.18. The van der Waals surface area contributed by atoms with E-state index in [1.165, 1.54) is 11.8 Å². The van der Waals surface area contributed by atoms with Crippen LogP contribution >= 0.6 is 23.4 Å². The summed E-state index contributed by atoms with van der Waals surface area (Å²) in [5, 5.41) is 15.8. The SMILES string of the molecule is Cc1nn2c(nc(Sc3nnc(CCC(N)=O)n3C)c3ccccc32)c1Cl. The molecule has 0 aliphatic rings. The maximum absolute atomic E-state index is 11.0. The van der Waals surface area contributed by atoms with Gasteiger partial charge in [0, 0.05) is 25.3 Å². The van der Waals surface area contributed by atoms with E-state index >= 15 is 0 Å². The number of nitrogens with zero attached hydrogens (tertiary/aromatic N) is 6. The molecule has 0 unspecified atom stereocenters. The molecule has 0 fully saturated rings. The smallest absolute Gasteiger partial charge is 0.217 e. The van der Waals surface area contributed by atoms with Gasteiger partial charge in [-0.3, -0.25) is 4.79 Å². The van der Waals surface area contributed by atoms with E-state index in [1.807, 2.05) is 42.8 Å². The number of nitrogens with two attached hydrogens (primary N) is 1. The van der Waals surface area contributed by atoms with Crippen LogP contribution in [0.3, 0.4) is 0 Å². The van der Waals surface area contributed by atoms with E-state index in [2.05, 4.69) is 15.3 Å². The monoisotopic (exact) mass is 401 g/mol. The van der Waals surface area contributed by atoms with E-state index in [0.717, 1.165) is 21.6 Å². The van der Waals surface area contributed by atoms with Crippen LogP contribution in [-0.2, 0) is 18.3 Å². The van der Waals surface area contributed by atoms with Gasteiger partial charge < -0.3 is 10.3 Å². The molecule has 0 saturated carbocycles. The molecular weight excluding hydrogens is 386 g/mol. The summed E-state index contributed by atoms with van der Waals surface area (Å²) in [5.41, 5.74) is 7.46. The lowest BCUT2D eigenvalue weighted by molar-refractivity contribution is -0.118. The summed E-state index contributed by atoms with van der Waals surface area (Å²) in [6.07, 6.45) is 0.675. The van der Waals surface area contributed by atoms with Gasteiger partial charge in [-0.05, 0) is 24.8 Å². The first kappa shape index (κ1) is 17.7. The summed E-state index contributed by atoms with van der Waals surface area (Å²) >= 11 is 7.79. The van der Waals surface area contributed by atoms with Crippen LogP contribution in [0.5, 0.6) is 0 Å². The molecule has 1 aromatic carbocycles. The Labute approximate surface area is 163 Å². The first-order valence-electron chi connectivity index (χ1n) is 8.23.